The summed E-state index contributed by atoms with van der Waals surface area (Å²) in [5.41, 5.74) is 8.13. The molecule has 8 heteroatoms. The fourth-order valence-electron chi connectivity index (χ4n) is 0.724. The largest absolute Gasteiger partial charge is 0.473 e. The van der Waals surface area contributed by atoms with Gasteiger partial charge in [0, 0.05) is 19.3 Å². The van der Waals surface area contributed by atoms with Crippen molar-refractivity contribution in [2.45, 2.75) is 0 Å². The number of benzene rings is 1. The van der Waals surface area contributed by atoms with Gasteiger partial charge < -0.3 is 4.52 Å². The Labute approximate surface area is 82.7 Å². The lowest BCUT2D eigenvalue weighted by atomic mass is 10.3. The van der Waals surface area contributed by atoms with Crippen LogP contribution < -0.4 is 4.52 Å². The van der Waals surface area contributed by atoms with E-state index in [0.717, 1.165) is 0 Å². The van der Waals surface area contributed by atoms with E-state index in [1.165, 1.54) is 0 Å². The summed E-state index contributed by atoms with van der Waals surface area (Å²) in [6, 6.07) is 8.30. The fourth-order valence-corrected chi connectivity index (χ4v) is 1.59. The SMILES string of the molecule is [N-]=[N+]=NP(=O)(OP)Oc1ccccc1. The second kappa shape index (κ2) is 4.99. The van der Waals surface area contributed by atoms with Crippen LogP contribution in [0.1, 0.15) is 0 Å². The Morgan fingerprint density at radius 2 is 2.07 bits per heavy atom. The second-order valence-corrected chi connectivity index (χ2v) is 4.30. The number of hydrogen-bond acceptors (Lipinski definition) is 3. The molecular weight excluding hydrogens is 224 g/mol. The van der Waals surface area contributed by atoms with E-state index in [1.54, 1.807) is 39.8 Å². The second-order valence-electron chi connectivity index (χ2n) is 2.16. The van der Waals surface area contributed by atoms with Crippen molar-refractivity contribution < 1.29 is 13.4 Å². The monoisotopic (exact) mass is 231 g/mol. The van der Waals surface area contributed by atoms with Crippen LogP contribution in [0.2, 0.25) is 0 Å². The van der Waals surface area contributed by atoms with Crippen molar-refractivity contribution in [3.63, 3.8) is 0 Å². The molecule has 0 fully saturated rings. The van der Waals surface area contributed by atoms with E-state index in [2.05, 4.69) is 14.1 Å². The average Bonchev–Trinajstić information content (AvgIpc) is 2.20. The summed E-state index contributed by atoms with van der Waals surface area (Å²) in [4.78, 5) is 5.31. The fraction of sp³-hybridized carbons (Fsp3) is 0. The summed E-state index contributed by atoms with van der Waals surface area (Å²) in [6.07, 6.45) is 0. The van der Waals surface area contributed by atoms with Gasteiger partial charge in [-0.25, -0.2) is 4.57 Å². The maximum absolute atomic E-state index is 11.5. The Hall–Kier alpha value is -1.05. The molecule has 0 saturated heterocycles. The van der Waals surface area contributed by atoms with Crippen molar-refractivity contribution >= 4 is 17.2 Å². The molecule has 0 aliphatic heterocycles. The molecular formula is C6H7N3O3P2. The third-order valence-corrected chi connectivity index (χ3v) is 3.05. The molecule has 0 saturated carbocycles. The summed E-state index contributed by atoms with van der Waals surface area (Å²) in [5.74, 6) is 0.311. The lowest BCUT2D eigenvalue weighted by Gasteiger charge is -2.10. The van der Waals surface area contributed by atoms with Crippen molar-refractivity contribution in [3.8, 4) is 5.75 Å². The van der Waals surface area contributed by atoms with E-state index >= 15 is 0 Å². The highest BCUT2D eigenvalue weighted by Gasteiger charge is 2.22. The predicted molar refractivity (Wildman–Crippen MR) is 54.6 cm³/mol. The first kappa shape index (κ1) is 11.0. The van der Waals surface area contributed by atoms with Crippen LogP contribution in [0.15, 0.2) is 35.2 Å². The van der Waals surface area contributed by atoms with Crippen molar-refractivity contribution in [2.75, 3.05) is 0 Å². The van der Waals surface area contributed by atoms with E-state index in [1.807, 2.05) is 0 Å². The molecule has 0 heterocycles. The van der Waals surface area contributed by atoms with Crippen molar-refractivity contribution in [1.82, 2.24) is 0 Å². The van der Waals surface area contributed by atoms with Gasteiger partial charge in [-0.3, -0.25) is 4.31 Å². The van der Waals surface area contributed by atoms with Gasteiger partial charge in [0.1, 0.15) is 5.75 Å². The molecule has 6 nitrogen and oxygen atoms in total. The Morgan fingerprint density at radius 3 is 2.57 bits per heavy atom. The zero-order valence-electron chi connectivity index (χ0n) is 6.98. The van der Waals surface area contributed by atoms with Gasteiger partial charge in [-0.1, -0.05) is 18.2 Å². The van der Waals surface area contributed by atoms with Crippen molar-refractivity contribution in [3.05, 3.63) is 40.8 Å². The highest BCUT2D eigenvalue weighted by molar-refractivity contribution is 7.56. The summed E-state index contributed by atoms with van der Waals surface area (Å²) in [6.45, 7) is 0. The molecule has 0 amide bonds. The van der Waals surface area contributed by atoms with Gasteiger partial charge in [0.25, 0.3) is 0 Å². The standard InChI is InChI=1S/C6H7N3O3P2/c7-8-9-14(10,12-13)11-6-4-2-1-3-5-6/h1-5H,13H2. The third kappa shape index (κ3) is 3.02. The smallest absolute Gasteiger partial charge is 0.420 e. The Kier molecular flexibility index (Phi) is 3.93. The van der Waals surface area contributed by atoms with E-state index in [4.69, 9.17) is 10.1 Å². The van der Waals surface area contributed by atoms with Crippen LogP contribution in [0, 0.1) is 0 Å². The van der Waals surface area contributed by atoms with Gasteiger partial charge in [0.15, 0.2) is 0 Å². The van der Waals surface area contributed by atoms with Crippen LogP contribution in [-0.4, -0.2) is 0 Å². The minimum absolute atomic E-state index is 0.311. The Bertz CT molecular complexity index is 391. The van der Waals surface area contributed by atoms with Crippen LogP contribution >= 0.6 is 17.2 Å². The number of para-hydroxylation sites is 1. The molecule has 2 atom stereocenters. The molecule has 0 radical (unpaired) electrons. The first-order valence-electron chi connectivity index (χ1n) is 3.50. The molecule has 1 aromatic rings. The van der Waals surface area contributed by atoms with E-state index in [-0.39, 0.29) is 0 Å². The van der Waals surface area contributed by atoms with Gasteiger partial charge in [0.05, 0.1) is 0 Å². The molecule has 1 aromatic carbocycles. The quantitative estimate of drug-likeness (QED) is 0.345. The molecule has 0 spiro atoms. The average molecular weight is 231 g/mol. The Morgan fingerprint density at radius 1 is 1.43 bits per heavy atom. The topological polar surface area (TPSA) is 84.3 Å². The molecule has 1 rings (SSSR count). The summed E-state index contributed by atoms with van der Waals surface area (Å²) < 4.78 is 20.8. The highest BCUT2D eigenvalue weighted by Crippen LogP contribution is 2.51. The number of nitrogens with zero attached hydrogens (tertiary/aromatic N) is 3. The van der Waals surface area contributed by atoms with Crippen molar-refractivity contribution in [2.24, 2.45) is 4.88 Å². The molecule has 74 valence electrons. The molecule has 0 aliphatic rings. The third-order valence-electron chi connectivity index (χ3n) is 1.25. The molecule has 2 unspecified atom stereocenters. The minimum atomic E-state index is -3.75. The summed E-state index contributed by atoms with van der Waals surface area (Å²) in [7, 11) is -2.01. The van der Waals surface area contributed by atoms with Crippen LogP contribution in [-0.2, 0) is 8.88 Å². The zero-order valence-corrected chi connectivity index (χ0v) is 9.03. The lowest BCUT2D eigenvalue weighted by molar-refractivity contribution is 0.408. The summed E-state index contributed by atoms with van der Waals surface area (Å²) in [5, 5.41) is 0. The van der Waals surface area contributed by atoms with Crippen LogP contribution in [0.5, 0.6) is 5.75 Å². The van der Waals surface area contributed by atoms with Gasteiger partial charge in [-0.15, -0.1) is 0 Å². The van der Waals surface area contributed by atoms with E-state index in [0.29, 0.717) is 5.75 Å². The number of rotatable bonds is 4. The van der Waals surface area contributed by atoms with Gasteiger partial charge in [-0.2, -0.15) is 0 Å². The van der Waals surface area contributed by atoms with E-state index in [9.17, 15) is 4.57 Å². The van der Waals surface area contributed by atoms with Crippen molar-refractivity contribution in [1.29, 1.82) is 0 Å². The van der Waals surface area contributed by atoms with Crippen LogP contribution in [0.4, 0.5) is 0 Å². The van der Waals surface area contributed by atoms with Gasteiger partial charge >= 0.3 is 7.75 Å². The number of azide groups is 1. The number of hydrogen-bond donors (Lipinski definition) is 0. The van der Waals surface area contributed by atoms with Crippen LogP contribution in [0.25, 0.3) is 10.4 Å². The van der Waals surface area contributed by atoms with Crippen LogP contribution in [0.3, 0.4) is 0 Å². The maximum atomic E-state index is 11.5. The minimum Gasteiger partial charge on any atom is -0.420 e. The summed E-state index contributed by atoms with van der Waals surface area (Å²) >= 11 is 0. The molecule has 0 N–H and O–H groups in total. The molecule has 14 heavy (non-hydrogen) atoms. The first-order chi connectivity index (χ1) is 6.70. The Balaban J connectivity index is 2.86. The highest BCUT2D eigenvalue weighted by atomic mass is 31.2. The normalized spacial score (nSPS) is 13.8. The van der Waals surface area contributed by atoms with Gasteiger partial charge in [-0.05, 0) is 17.7 Å². The van der Waals surface area contributed by atoms with E-state index < -0.39 is 7.75 Å². The lowest BCUT2D eigenvalue weighted by Crippen LogP contribution is -1.88. The maximum Gasteiger partial charge on any atom is 0.473 e. The zero-order chi connectivity index (χ0) is 10.4. The predicted octanol–water partition coefficient (Wildman–Crippen LogP) is 3.29. The van der Waals surface area contributed by atoms with Gasteiger partial charge in [0.2, 0.25) is 0 Å². The molecule has 0 aromatic heterocycles. The first-order valence-corrected chi connectivity index (χ1v) is 5.47. The molecule has 0 aliphatic carbocycles. The molecule has 0 bridgehead atoms.